The molecule has 6 heteroatoms. The van der Waals surface area contributed by atoms with Gasteiger partial charge < -0.3 is 4.90 Å². The Kier molecular flexibility index (Phi) is 5.13. The summed E-state index contributed by atoms with van der Waals surface area (Å²) >= 11 is 0. The SMILES string of the molecule is O=C(C1CCN(Cc2cccc(F)c2)CC1)N1CCC(F)(F)CC1. The minimum atomic E-state index is -2.62. The first-order valence-electron chi connectivity index (χ1n) is 8.56. The molecule has 2 aliphatic rings. The molecule has 24 heavy (non-hydrogen) atoms. The van der Waals surface area contributed by atoms with E-state index in [1.54, 1.807) is 11.0 Å². The molecular formula is C18H23F3N2O. The van der Waals surface area contributed by atoms with Crippen LogP contribution in [0.25, 0.3) is 0 Å². The zero-order valence-corrected chi connectivity index (χ0v) is 13.7. The maximum atomic E-state index is 13.2. The first-order chi connectivity index (χ1) is 11.4. The zero-order chi connectivity index (χ0) is 17.2. The van der Waals surface area contributed by atoms with Crippen molar-refractivity contribution in [2.45, 2.75) is 38.2 Å². The van der Waals surface area contributed by atoms with Gasteiger partial charge in [-0.15, -0.1) is 0 Å². The van der Waals surface area contributed by atoms with Gasteiger partial charge in [0.2, 0.25) is 5.91 Å². The first-order valence-corrected chi connectivity index (χ1v) is 8.56. The summed E-state index contributed by atoms with van der Waals surface area (Å²) in [7, 11) is 0. The highest BCUT2D eigenvalue weighted by molar-refractivity contribution is 5.79. The van der Waals surface area contributed by atoms with Crippen molar-refractivity contribution < 1.29 is 18.0 Å². The van der Waals surface area contributed by atoms with Crippen LogP contribution >= 0.6 is 0 Å². The number of nitrogens with zero attached hydrogens (tertiary/aromatic N) is 2. The fraction of sp³-hybridized carbons (Fsp3) is 0.611. The Hall–Kier alpha value is -1.56. The summed E-state index contributed by atoms with van der Waals surface area (Å²) in [4.78, 5) is 16.3. The van der Waals surface area contributed by atoms with Gasteiger partial charge in [-0.1, -0.05) is 12.1 Å². The summed E-state index contributed by atoms with van der Waals surface area (Å²) in [6.45, 7) is 2.55. The van der Waals surface area contributed by atoms with Crippen molar-refractivity contribution in [3.05, 3.63) is 35.6 Å². The summed E-state index contributed by atoms with van der Waals surface area (Å²) in [6, 6.07) is 6.56. The summed E-state index contributed by atoms with van der Waals surface area (Å²) in [6.07, 6.45) is 1.02. The number of halogens is 3. The van der Waals surface area contributed by atoms with Crippen molar-refractivity contribution in [2.24, 2.45) is 5.92 Å². The molecule has 0 saturated carbocycles. The number of rotatable bonds is 3. The molecule has 1 amide bonds. The van der Waals surface area contributed by atoms with Gasteiger partial charge in [-0.3, -0.25) is 9.69 Å². The minimum Gasteiger partial charge on any atom is -0.342 e. The molecule has 2 heterocycles. The predicted octanol–water partition coefficient (Wildman–Crippen LogP) is 3.30. The lowest BCUT2D eigenvalue weighted by Gasteiger charge is -2.37. The van der Waals surface area contributed by atoms with Crippen molar-refractivity contribution in [2.75, 3.05) is 26.2 Å². The highest BCUT2D eigenvalue weighted by Gasteiger charge is 2.37. The smallest absolute Gasteiger partial charge is 0.251 e. The lowest BCUT2D eigenvalue weighted by molar-refractivity contribution is -0.143. The quantitative estimate of drug-likeness (QED) is 0.843. The number of likely N-dealkylation sites (tertiary alicyclic amines) is 2. The van der Waals surface area contributed by atoms with Crippen LogP contribution in [-0.4, -0.2) is 47.8 Å². The second-order valence-electron chi connectivity index (χ2n) is 6.86. The van der Waals surface area contributed by atoms with Gasteiger partial charge in [0.25, 0.3) is 5.92 Å². The van der Waals surface area contributed by atoms with Crippen LogP contribution < -0.4 is 0 Å². The molecule has 0 unspecified atom stereocenters. The van der Waals surface area contributed by atoms with E-state index in [0.29, 0.717) is 6.54 Å². The summed E-state index contributed by atoms with van der Waals surface area (Å²) in [5, 5.41) is 0. The van der Waals surface area contributed by atoms with Crippen LogP contribution in [0.2, 0.25) is 0 Å². The number of piperidine rings is 2. The molecule has 132 valence electrons. The van der Waals surface area contributed by atoms with Crippen molar-refractivity contribution in [1.82, 2.24) is 9.80 Å². The van der Waals surface area contributed by atoms with Gasteiger partial charge in [0.05, 0.1) is 0 Å². The topological polar surface area (TPSA) is 23.6 Å². The molecule has 0 bridgehead atoms. The molecule has 0 N–H and O–H groups in total. The molecule has 2 fully saturated rings. The molecule has 3 nitrogen and oxygen atoms in total. The Morgan fingerprint density at radius 3 is 2.42 bits per heavy atom. The van der Waals surface area contributed by atoms with Crippen LogP contribution in [0.4, 0.5) is 13.2 Å². The fourth-order valence-corrected chi connectivity index (χ4v) is 3.54. The first kappa shape index (κ1) is 17.3. The number of hydrogen-bond acceptors (Lipinski definition) is 2. The van der Waals surface area contributed by atoms with E-state index in [1.165, 1.54) is 12.1 Å². The fourth-order valence-electron chi connectivity index (χ4n) is 3.54. The van der Waals surface area contributed by atoms with E-state index in [9.17, 15) is 18.0 Å². The standard InChI is InChI=1S/C18H23F3N2O/c19-16-3-1-2-14(12-16)13-22-8-4-15(5-9-22)17(24)23-10-6-18(20,21)7-11-23/h1-3,12,15H,4-11,13H2. The van der Waals surface area contributed by atoms with Gasteiger partial charge in [-0.2, -0.15) is 0 Å². The molecule has 1 aromatic carbocycles. The highest BCUT2D eigenvalue weighted by atomic mass is 19.3. The molecule has 2 aliphatic heterocycles. The van der Waals surface area contributed by atoms with E-state index in [4.69, 9.17) is 0 Å². The summed E-state index contributed by atoms with van der Waals surface area (Å²) < 4.78 is 39.6. The molecule has 0 aliphatic carbocycles. The largest absolute Gasteiger partial charge is 0.342 e. The third-order valence-electron chi connectivity index (χ3n) is 5.04. The van der Waals surface area contributed by atoms with Crippen LogP contribution in [0.5, 0.6) is 0 Å². The van der Waals surface area contributed by atoms with Crippen molar-refractivity contribution in [3.63, 3.8) is 0 Å². The van der Waals surface area contributed by atoms with Gasteiger partial charge in [-0.25, -0.2) is 13.2 Å². The Bertz CT molecular complexity index is 575. The van der Waals surface area contributed by atoms with Gasteiger partial charge in [-0.05, 0) is 43.6 Å². The molecular weight excluding hydrogens is 317 g/mol. The molecule has 0 atom stereocenters. The monoisotopic (exact) mass is 340 g/mol. The van der Waals surface area contributed by atoms with Gasteiger partial charge in [0.15, 0.2) is 0 Å². The van der Waals surface area contributed by atoms with Crippen LogP contribution in [0.15, 0.2) is 24.3 Å². The second-order valence-corrected chi connectivity index (χ2v) is 6.86. The van der Waals surface area contributed by atoms with Gasteiger partial charge in [0.1, 0.15) is 5.82 Å². The molecule has 0 aromatic heterocycles. The van der Waals surface area contributed by atoms with Crippen molar-refractivity contribution in [3.8, 4) is 0 Å². The van der Waals surface area contributed by atoms with E-state index in [-0.39, 0.29) is 43.6 Å². The number of amides is 1. The minimum absolute atomic E-state index is 0.0240. The predicted molar refractivity (Wildman–Crippen MR) is 85.2 cm³/mol. The number of benzene rings is 1. The lowest BCUT2D eigenvalue weighted by Crippen LogP contribution is -2.47. The third kappa shape index (κ3) is 4.29. The summed E-state index contributed by atoms with van der Waals surface area (Å²) in [5.74, 6) is -2.90. The molecule has 3 rings (SSSR count). The maximum absolute atomic E-state index is 13.2. The summed E-state index contributed by atoms with van der Waals surface area (Å²) in [5.41, 5.74) is 0.929. The molecule has 1 aromatic rings. The zero-order valence-electron chi connectivity index (χ0n) is 13.7. The average molecular weight is 340 g/mol. The number of carbonyl (C=O) groups is 1. The normalized spacial score (nSPS) is 22.5. The second kappa shape index (κ2) is 7.13. The van der Waals surface area contributed by atoms with Gasteiger partial charge in [0, 0.05) is 38.4 Å². The highest BCUT2D eigenvalue weighted by Crippen LogP contribution is 2.30. The van der Waals surface area contributed by atoms with Gasteiger partial charge >= 0.3 is 0 Å². The number of hydrogen-bond donors (Lipinski definition) is 0. The Balaban J connectivity index is 1.47. The Morgan fingerprint density at radius 1 is 1.12 bits per heavy atom. The van der Waals surface area contributed by atoms with Crippen LogP contribution in [0.1, 0.15) is 31.2 Å². The maximum Gasteiger partial charge on any atom is 0.251 e. The van der Waals surface area contributed by atoms with Crippen LogP contribution in [0, 0.1) is 11.7 Å². The van der Waals surface area contributed by atoms with E-state index in [2.05, 4.69) is 4.90 Å². The van der Waals surface area contributed by atoms with Crippen LogP contribution in [-0.2, 0) is 11.3 Å². The Labute approximate surface area is 140 Å². The Morgan fingerprint density at radius 2 is 1.79 bits per heavy atom. The van der Waals surface area contributed by atoms with Crippen molar-refractivity contribution in [1.29, 1.82) is 0 Å². The van der Waals surface area contributed by atoms with E-state index < -0.39 is 5.92 Å². The average Bonchev–Trinajstić information content (AvgIpc) is 2.55. The van der Waals surface area contributed by atoms with E-state index in [0.717, 1.165) is 31.5 Å². The lowest BCUT2D eigenvalue weighted by atomic mass is 9.93. The van der Waals surface area contributed by atoms with E-state index >= 15 is 0 Å². The number of carbonyl (C=O) groups excluding carboxylic acids is 1. The van der Waals surface area contributed by atoms with Crippen LogP contribution in [0.3, 0.4) is 0 Å². The molecule has 0 radical (unpaired) electrons. The van der Waals surface area contributed by atoms with Crippen molar-refractivity contribution >= 4 is 5.91 Å². The number of alkyl halides is 2. The third-order valence-corrected chi connectivity index (χ3v) is 5.04. The molecule has 0 spiro atoms. The molecule has 2 saturated heterocycles. The van der Waals surface area contributed by atoms with E-state index in [1.807, 2.05) is 6.07 Å².